The Hall–Kier alpha value is -0.0800. The highest BCUT2D eigenvalue weighted by atomic mass is 16.5. The molecule has 0 unspecified atom stereocenters. The van der Waals surface area contributed by atoms with E-state index >= 15 is 0 Å². The summed E-state index contributed by atoms with van der Waals surface area (Å²) in [5.74, 6) is 0. The van der Waals surface area contributed by atoms with Crippen molar-refractivity contribution in [2.45, 2.75) is 6.92 Å². The van der Waals surface area contributed by atoms with Crippen molar-refractivity contribution in [3.8, 4) is 0 Å². The topological polar surface area (TPSA) is 23.5 Å². The fourth-order valence-electron chi connectivity index (χ4n) is 0. The van der Waals surface area contributed by atoms with E-state index in [4.69, 9.17) is 5.21 Å². The highest BCUT2D eigenvalue weighted by Gasteiger charge is 1.75. The predicted octanol–water partition coefficient (Wildman–Crippen LogP) is 0.366. The van der Waals surface area contributed by atoms with Gasteiger partial charge < -0.3 is 5.21 Å². The minimum absolute atomic E-state index is 0.472. The van der Waals surface area contributed by atoms with Gasteiger partial charge in [0.25, 0.3) is 0 Å². The molecule has 0 aliphatic rings. The first-order valence-electron chi connectivity index (χ1n) is 1.48. The van der Waals surface area contributed by atoms with Crippen LogP contribution in [0.3, 0.4) is 0 Å². The van der Waals surface area contributed by atoms with Gasteiger partial charge in [-0.15, -0.1) is 0 Å². The number of hydroxylamine groups is 2. The van der Waals surface area contributed by atoms with E-state index in [9.17, 15) is 0 Å². The van der Waals surface area contributed by atoms with Gasteiger partial charge in [-0.2, -0.15) is 5.06 Å². The van der Waals surface area contributed by atoms with Crippen LogP contribution in [0.5, 0.6) is 0 Å². The Kier molecular flexibility index (Phi) is 2.14. The third kappa shape index (κ3) is 3.92. The summed E-state index contributed by atoms with van der Waals surface area (Å²) in [6.45, 7) is 2.22. The number of hydrogen-bond donors (Lipinski definition) is 1. The number of rotatable bonds is 1. The fourth-order valence-corrected chi connectivity index (χ4v) is 0. The van der Waals surface area contributed by atoms with E-state index in [1.54, 1.807) is 6.92 Å². The molecule has 0 bridgehead atoms. The summed E-state index contributed by atoms with van der Waals surface area (Å²) in [4.78, 5) is 0. The van der Waals surface area contributed by atoms with Gasteiger partial charge >= 0.3 is 0 Å². The van der Waals surface area contributed by atoms with Gasteiger partial charge in [-0.25, -0.2) is 0 Å². The fraction of sp³-hybridized carbons (Fsp3) is 0.667. The number of nitrogens with zero attached hydrogens (tertiary/aromatic N) is 1. The normalized spacial score (nSPS) is 9.60. The Bertz CT molecular complexity index is 20.9. The van der Waals surface area contributed by atoms with Gasteiger partial charge in [0, 0.05) is 6.54 Å². The molecule has 2 nitrogen and oxygen atoms in total. The van der Waals surface area contributed by atoms with Crippen molar-refractivity contribution < 1.29 is 5.21 Å². The van der Waals surface area contributed by atoms with E-state index in [2.05, 4.69) is 7.05 Å². The summed E-state index contributed by atoms with van der Waals surface area (Å²) >= 11 is 0. The molecule has 0 amide bonds. The van der Waals surface area contributed by atoms with Gasteiger partial charge in [0.05, 0.1) is 7.05 Å². The molecule has 0 saturated carbocycles. The van der Waals surface area contributed by atoms with Crippen LogP contribution in [-0.2, 0) is 0 Å². The Balaban J connectivity index is 2.54. The molecule has 2 radical (unpaired) electrons. The van der Waals surface area contributed by atoms with Crippen molar-refractivity contribution in [1.82, 2.24) is 5.06 Å². The molecule has 0 atom stereocenters. The van der Waals surface area contributed by atoms with Crippen molar-refractivity contribution >= 4 is 0 Å². The molecule has 0 aliphatic carbocycles. The molecule has 0 spiro atoms. The lowest BCUT2D eigenvalue weighted by Crippen LogP contribution is -2.06. The maximum absolute atomic E-state index is 7.97. The minimum atomic E-state index is 0.472. The first kappa shape index (κ1) is 4.92. The molecule has 2 heteroatoms. The van der Waals surface area contributed by atoms with Gasteiger partial charge in [-0.3, -0.25) is 0 Å². The third-order valence-electron chi connectivity index (χ3n) is 0.324. The Morgan fingerprint density at radius 3 is 2.20 bits per heavy atom. The lowest BCUT2D eigenvalue weighted by atomic mass is 10.8. The van der Waals surface area contributed by atoms with Crippen LogP contribution in [0.4, 0.5) is 0 Å². The highest BCUT2D eigenvalue weighted by Crippen LogP contribution is 1.66. The zero-order valence-corrected chi connectivity index (χ0v) is 3.18. The van der Waals surface area contributed by atoms with Crippen LogP contribution >= 0.6 is 0 Å². The van der Waals surface area contributed by atoms with Crippen LogP contribution in [-0.4, -0.2) is 16.8 Å². The molecule has 5 heavy (non-hydrogen) atoms. The van der Waals surface area contributed by atoms with Gasteiger partial charge in [-0.05, 0) is 0 Å². The third-order valence-corrected chi connectivity index (χ3v) is 0.324. The summed E-state index contributed by atoms with van der Waals surface area (Å²) in [5, 5.41) is 8.60. The van der Waals surface area contributed by atoms with E-state index < -0.39 is 0 Å². The van der Waals surface area contributed by atoms with Crippen molar-refractivity contribution in [2.75, 3.05) is 6.54 Å². The molecule has 0 aromatic carbocycles. The molecule has 0 rings (SSSR count). The van der Waals surface area contributed by atoms with Crippen LogP contribution in [0.2, 0.25) is 0 Å². The molecule has 1 N–H and O–H groups in total. The van der Waals surface area contributed by atoms with Gasteiger partial charge in [-0.1, -0.05) is 6.92 Å². The molecule has 30 valence electrons. The maximum atomic E-state index is 7.97. The Morgan fingerprint density at radius 2 is 2.20 bits per heavy atom. The Labute approximate surface area is 32.0 Å². The summed E-state index contributed by atoms with van der Waals surface area (Å²) in [7, 11) is 4.68. The summed E-state index contributed by atoms with van der Waals surface area (Å²) < 4.78 is 0. The van der Waals surface area contributed by atoms with Crippen molar-refractivity contribution in [2.24, 2.45) is 0 Å². The standard InChI is InChI=1S/C3H7NO/c1-3-4(2)5/h2,5H,3H2,1H3. The van der Waals surface area contributed by atoms with Crippen LogP contribution in [0.15, 0.2) is 0 Å². The highest BCUT2D eigenvalue weighted by molar-refractivity contribution is 4.24. The van der Waals surface area contributed by atoms with E-state index in [1.807, 2.05) is 0 Å². The average Bonchev–Trinajstić information content (AvgIpc) is 1.38. The molecule has 0 fully saturated rings. The molecular weight excluding hydrogens is 66.0 g/mol. The van der Waals surface area contributed by atoms with E-state index in [0.717, 1.165) is 0 Å². The summed E-state index contributed by atoms with van der Waals surface area (Å²) in [6, 6.07) is 0. The van der Waals surface area contributed by atoms with Gasteiger partial charge in [0.2, 0.25) is 0 Å². The molecular formula is C3H7NO. The van der Waals surface area contributed by atoms with Crippen LogP contribution < -0.4 is 0 Å². The largest absolute Gasteiger partial charge is 0.314 e. The zero-order valence-electron chi connectivity index (χ0n) is 3.18. The second kappa shape index (κ2) is 2.18. The smallest absolute Gasteiger partial charge is 0.0740 e. The quantitative estimate of drug-likeness (QED) is 0.358. The molecule has 0 aromatic rings. The first-order valence-corrected chi connectivity index (χ1v) is 1.48. The summed E-state index contributed by atoms with van der Waals surface area (Å²) in [5.41, 5.74) is 0. The zero-order chi connectivity index (χ0) is 4.28. The van der Waals surface area contributed by atoms with Crippen molar-refractivity contribution in [3.63, 3.8) is 0 Å². The first-order chi connectivity index (χ1) is 2.27. The van der Waals surface area contributed by atoms with E-state index in [-0.39, 0.29) is 0 Å². The SMILES string of the molecule is [CH]N(O)CC. The maximum Gasteiger partial charge on any atom is 0.0740 e. The molecule has 0 saturated heterocycles. The summed E-state index contributed by atoms with van der Waals surface area (Å²) in [6.07, 6.45) is 0. The van der Waals surface area contributed by atoms with Crippen LogP contribution in [0.1, 0.15) is 6.92 Å². The number of hydrogen-bond acceptors (Lipinski definition) is 2. The van der Waals surface area contributed by atoms with Crippen LogP contribution in [0.25, 0.3) is 0 Å². The minimum Gasteiger partial charge on any atom is -0.314 e. The Morgan fingerprint density at radius 1 is 2.00 bits per heavy atom. The lowest BCUT2D eigenvalue weighted by Gasteiger charge is -1.96. The molecule has 0 heterocycles. The monoisotopic (exact) mass is 73.1 g/mol. The van der Waals surface area contributed by atoms with E-state index in [1.165, 1.54) is 0 Å². The van der Waals surface area contributed by atoms with Crippen LogP contribution in [0, 0.1) is 7.05 Å². The second-order valence-electron chi connectivity index (χ2n) is 0.756. The van der Waals surface area contributed by atoms with E-state index in [0.29, 0.717) is 11.6 Å². The van der Waals surface area contributed by atoms with Gasteiger partial charge in [0.1, 0.15) is 0 Å². The molecule has 0 aliphatic heterocycles. The lowest BCUT2D eigenvalue weighted by molar-refractivity contribution is -0.0393. The molecule has 0 aromatic heterocycles. The second-order valence-corrected chi connectivity index (χ2v) is 0.756. The predicted molar refractivity (Wildman–Crippen MR) is 18.5 cm³/mol. The van der Waals surface area contributed by atoms with Gasteiger partial charge in [0.15, 0.2) is 0 Å². The average molecular weight is 73.1 g/mol. The van der Waals surface area contributed by atoms with Crippen molar-refractivity contribution in [1.29, 1.82) is 0 Å². The van der Waals surface area contributed by atoms with Crippen molar-refractivity contribution in [3.05, 3.63) is 7.05 Å².